The van der Waals surface area contributed by atoms with Crippen LogP contribution in [-0.4, -0.2) is 4.98 Å². The minimum absolute atomic E-state index is 0.401. The van der Waals surface area contributed by atoms with Gasteiger partial charge >= 0.3 is 0 Å². The van der Waals surface area contributed by atoms with Gasteiger partial charge in [0, 0.05) is 17.5 Å². The number of rotatable bonds is 3. The smallest absolute Gasteiger partial charge is 0.224 e. The highest BCUT2D eigenvalue weighted by Crippen LogP contribution is 2.29. The zero-order valence-corrected chi connectivity index (χ0v) is 12.3. The van der Waals surface area contributed by atoms with Crippen LogP contribution in [0.15, 0.2) is 48.5 Å². The maximum Gasteiger partial charge on any atom is 0.224 e. The summed E-state index contributed by atoms with van der Waals surface area (Å²) in [6.45, 7) is 4.47. The van der Waals surface area contributed by atoms with Crippen molar-refractivity contribution in [1.29, 1.82) is 0 Å². The molecule has 106 valence electrons. The minimum Gasteiger partial charge on any atom is -0.438 e. The molecule has 1 aromatic heterocycles. The second-order valence-electron chi connectivity index (χ2n) is 5.22. The van der Waals surface area contributed by atoms with Gasteiger partial charge in [0.05, 0.1) is 5.52 Å². The first-order valence-corrected chi connectivity index (χ1v) is 7.01. The molecule has 3 heteroatoms. The first kappa shape index (κ1) is 13.6. The number of aryl methyl sites for hydroxylation is 2. The van der Waals surface area contributed by atoms with Crippen molar-refractivity contribution in [2.75, 3.05) is 0 Å². The maximum absolute atomic E-state index is 6.03. The molecular formula is C18H18N2O. The third-order valence-electron chi connectivity index (χ3n) is 3.53. The molecule has 2 N–H and O–H groups in total. The van der Waals surface area contributed by atoms with Gasteiger partial charge in [-0.1, -0.05) is 30.3 Å². The van der Waals surface area contributed by atoms with Crippen LogP contribution in [0, 0.1) is 13.8 Å². The Bertz CT molecular complexity index is 796. The van der Waals surface area contributed by atoms with Crippen molar-refractivity contribution in [1.82, 2.24) is 4.98 Å². The molecule has 0 unspecified atom stereocenters. The Labute approximate surface area is 124 Å². The molecule has 3 aromatic rings. The monoisotopic (exact) mass is 278 g/mol. The molecule has 0 aliphatic carbocycles. The number of para-hydroxylation sites is 1. The molecule has 0 amide bonds. The van der Waals surface area contributed by atoms with Crippen molar-refractivity contribution >= 4 is 10.9 Å². The predicted octanol–water partition coefficient (Wildman–Crippen LogP) is 4.10. The van der Waals surface area contributed by atoms with Gasteiger partial charge in [0.1, 0.15) is 5.75 Å². The molecule has 0 aliphatic heterocycles. The summed E-state index contributed by atoms with van der Waals surface area (Å²) in [7, 11) is 0. The second kappa shape index (κ2) is 5.54. The van der Waals surface area contributed by atoms with Gasteiger partial charge in [-0.05, 0) is 43.2 Å². The zero-order valence-electron chi connectivity index (χ0n) is 12.3. The Morgan fingerprint density at radius 3 is 2.67 bits per heavy atom. The number of aromatic nitrogens is 1. The van der Waals surface area contributed by atoms with E-state index in [0.717, 1.165) is 33.3 Å². The van der Waals surface area contributed by atoms with E-state index < -0.39 is 0 Å². The van der Waals surface area contributed by atoms with Crippen LogP contribution in [0.2, 0.25) is 0 Å². The van der Waals surface area contributed by atoms with Gasteiger partial charge in [0.2, 0.25) is 5.88 Å². The van der Waals surface area contributed by atoms with Gasteiger partial charge in [0.15, 0.2) is 0 Å². The Morgan fingerprint density at radius 1 is 1.05 bits per heavy atom. The SMILES string of the molecule is Cc1ccc(C)c(Oc2nc3ccccc3cc2CN)c1. The van der Waals surface area contributed by atoms with Gasteiger partial charge in [-0.15, -0.1) is 0 Å². The average molecular weight is 278 g/mol. The van der Waals surface area contributed by atoms with Gasteiger partial charge in [-0.25, -0.2) is 4.98 Å². The van der Waals surface area contributed by atoms with E-state index in [0.29, 0.717) is 12.4 Å². The molecule has 3 nitrogen and oxygen atoms in total. The van der Waals surface area contributed by atoms with E-state index in [1.807, 2.05) is 56.3 Å². The molecule has 0 saturated carbocycles. The molecule has 0 radical (unpaired) electrons. The highest BCUT2D eigenvalue weighted by molar-refractivity contribution is 5.80. The summed E-state index contributed by atoms with van der Waals surface area (Å²) in [6, 6.07) is 16.2. The van der Waals surface area contributed by atoms with Gasteiger partial charge in [-0.3, -0.25) is 0 Å². The first-order valence-electron chi connectivity index (χ1n) is 7.01. The third-order valence-corrected chi connectivity index (χ3v) is 3.53. The number of pyridine rings is 1. The molecule has 2 aromatic carbocycles. The van der Waals surface area contributed by atoms with Crippen molar-refractivity contribution in [2.45, 2.75) is 20.4 Å². The molecule has 0 bridgehead atoms. The van der Waals surface area contributed by atoms with Crippen LogP contribution < -0.4 is 10.5 Å². The summed E-state index contributed by atoms with van der Waals surface area (Å²) in [5, 5.41) is 1.08. The van der Waals surface area contributed by atoms with Crippen LogP contribution >= 0.6 is 0 Å². The highest BCUT2D eigenvalue weighted by atomic mass is 16.5. The van der Waals surface area contributed by atoms with Crippen molar-refractivity contribution in [3.05, 3.63) is 65.2 Å². The fraction of sp³-hybridized carbons (Fsp3) is 0.167. The van der Waals surface area contributed by atoms with Crippen LogP contribution in [-0.2, 0) is 6.54 Å². The quantitative estimate of drug-likeness (QED) is 0.784. The lowest BCUT2D eigenvalue weighted by atomic mass is 10.1. The summed E-state index contributed by atoms with van der Waals surface area (Å²) < 4.78 is 6.03. The van der Waals surface area contributed by atoms with Crippen molar-refractivity contribution < 1.29 is 4.74 Å². The summed E-state index contributed by atoms with van der Waals surface area (Å²) >= 11 is 0. The van der Waals surface area contributed by atoms with E-state index in [-0.39, 0.29) is 0 Å². The summed E-state index contributed by atoms with van der Waals surface area (Å²) in [5.74, 6) is 1.41. The fourth-order valence-electron chi connectivity index (χ4n) is 2.30. The number of nitrogens with two attached hydrogens (primary N) is 1. The van der Waals surface area contributed by atoms with Crippen LogP contribution in [0.5, 0.6) is 11.6 Å². The highest BCUT2D eigenvalue weighted by Gasteiger charge is 2.10. The predicted molar refractivity (Wildman–Crippen MR) is 85.6 cm³/mol. The lowest BCUT2D eigenvalue weighted by Gasteiger charge is -2.12. The number of fused-ring (bicyclic) bond motifs is 1. The Hall–Kier alpha value is -2.39. The van der Waals surface area contributed by atoms with Crippen LogP contribution in [0.1, 0.15) is 16.7 Å². The Morgan fingerprint density at radius 2 is 1.86 bits per heavy atom. The molecule has 0 aliphatic rings. The largest absolute Gasteiger partial charge is 0.438 e. The number of benzene rings is 2. The van der Waals surface area contributed by atoms with E-state index in [9.17, 15) is 0 Å². The standard InChI is InChI=1S/C18H18N2O/c1-12-7-8-13(2)17(9-12)21-18-15(11-19)10-14-5-3-4-6-16(14)20-18/h3-10H,11,19H2,1-2H3. The Balaban J connectivity index is 2.08. The van der Waals surface area contributed by atoms with Crippen molar-refractivity contribution in [3.63, 3.8) is 0 Å². The minimum atomic E-state index is 0.401. The number of ether oxygens (including phenoxy) is 1. The Kier molecular flexibility index (Phi) is 3.59. The summed E-state index contributed by atoms with van der Waals surface area (Å²) in [6.07, 6.45) is 0. The van der Waals surface area contributed by atoms with Crippen LogP contribution in [0.25, 0.3) is 10.9 Å². The molecule has 21 heavy (non-hydrogen) atoms. The van der Waals surface area contributed by atoms with Crippen LogP contribution in [0.3, 0.4) is 0 Å². The van der Waals surface area contributed by atoms with E-state index in [1.165, 1.54) is 0 Å². The number of hydrogen-bond acceptors (Lipinski definition) is 3. The van der Waals surface area contributed by atoms with E-state index in [1.54, 1.807) is 0 Å². The normalized spacial score (nSPS) is 10.8. The first-order chi connectivity index (χ1) is 10.2. The molecule has 3 rings (SSSR count). The van der Waals surface area contributed by atoms with Crippen molar-refractivity contribution in [3.8, 4) is 11.6 Å². The third kappa shape index (κ3) is 2.73. The lowest BCUT2D eigenvalue weighted by molar-refractivity contribution is 0.455. The average Bonchev–Trinajstić information content (AvgIpc) is 2.50. The van der Waals surface area contributed by atoms with E-state index in [4.69, 9.17) is 10.5 Å². The molecule has 0 fully saturated rings. The van der Waals surface area contributed by atoms with E-state index in [2.05, 4.69) is 11.1 Å². The molecule has 0 spiro atoms. The number of nitrogens with zero attached hydrogens (tertiary/aromatic N) is 1. The second-order valence-corrected chi connectivity index (χ2v) is 5.22. The fourth-order valence-corrected chi connectivity index (χ4v) is 2.30. The van der Waals surface area contributed by atoms with Gasteiger partial charge in [-0.2, -0.15) is 0 Å². The summed E-state index contributed by atoms with van der Waals surface area (Å²) in [4.78, 5) is 4.61. The zero-order chi connectivity index (χ0) is 14.8. The molecule has 0 saturated heterocycles. The van der Waals surface area contributed by atoms with Gasteiger partial charge < -0.3 is 10.5 Å². The number of hydrogen-bond donors (Lipinski definition) is 1. The van der Waals surface area contributed by atoms with Crippen molar-refractivity contribution in [2.24, 2.45) is 5.73 Å². The molecular weight excluding hydrogens is 260 g/mol. The lowest BCUT2D eigenvalue weighted by Crippen LogP contribution is -2.02. The molecule has 0 atom stereocenters. The van der Waals surface area contributed by atoms with Crippen LogP contribution in [0.4, 0.5) is 0 Å². The summed E-state index contributed by atoms with van der Waals surface area (Å²) in [5.41, 5.74) is 9.91. The molecule has 1 heterocycles. The van der Waals surface area contributed by atoms with Gasteiger partial charge in [0.25, 0.3) is 0 Å². The van der Waals surface area contributed by atoms with E-state index >= 15 is 0 Å². The maximum atomic E-state index is 6.03. The topological polar surface area (TPSA) is 48.1 Å².